The molecular weight excluding hydrogens is 260 g/mol. The Labute approximate surface area is 115 Å². The fraction of sp³-hybridized carbons (Fsp3) is 0.615. The molecule has 1 unspecified atom stereocenters. The molecule has 1 atom stereocenters. The second-order valence-corrected chi connectivity index (χ2v) is 5.56. The van der Waals surface area contributed by atoms with Gasteiger partial charge in [-0.3, -0.25) is 14.8 Å². The van der Waals surface area contributed by atoms with E-state index < -0.39 is 0 Å². The van der Waals surface area contributed by atoms with E-state index in [4.69, 9.17) is 4.74 Å². The molecule has 0 bridgehead atoms. The summed E-state index contributed by atoms with van der Waals surface area (Å²) >= 11 is 0. The van der Waals surface area contributed by atoms with Crippen LogP contribution in [0.4, 0.5) is 4.79 Å². The van der Waals surface area contributed by atoms with Gasteiger partial charge in [-0.15, -0.1) is 0 Å². The van der Waals surface area contributed by atoms with Crippen LogP contribution in [0.25, 0.3) is 0 Å². The maximum absolute atomic E-state index is 12.6. The molecule has 2 fully saturated rings. The highest BCUT2D eigenvalue weighted by Crippen LogP contribution is 2.25. The molecular formula is C13H16N4O3. The first kappa shape index (κ1) is 11.7. The van der Waals surface area contributed by atoms with Gasteiger partial charge in [0.15, 0.2) is 5.69 Å². The highest BCUT2D eigenvalue weighted by molar-refractivity contribution is 5.94. The number of cyclic esters (lactones) is 1. The third-order valence-electron chi connectivity index (χ3n) is 4.41. The van der Waals surface area contributed by atoms with Crippen LogP contribution in [0.2, 0.25) is 0 Å². The van der Waals surface area contributed by atoms with Gasteiger partial charge in [0, 0.05) is 30.9 Å². The summed E-state index contributed by atoms with van der Waals surface area (Å²) < 4.78 is 5.02. The lowest BCUT2D eigenvalue weighted by Crippen LogP contribution is -2.53. The molecule has 1 aromatic rings. The zero-order valence-electron chi connectivity index (χ0n) is 11.1. The number of ether oxygens (including phenoxy) is 1. The first-order chi connectivity index (χ1) is 9.74. The van der Waals surface area contributed by atoms with Crippen LogP contribution in [0.15, 0.2) is 0 Å². The van der Waals surface area contributed by atoms with Crippen molar-refractivity contribution < 1.29 is 14.3 Å². The van der Waals surface area contributed by atoms with Crippen molar-refractivity contribution in [1.82, 2.24) is 20.0 Å². The second kappa shape index (κ2) is 4.22. The van der Waals surface area contributed by atoms with Crippen molar-refractivity contribution in [2.75, 3.05) is 26.2 Å². The van der Waals surface area contributed by atoms with Crippen LogP contribution in [-0.4, -0.2) is 64.3 Å². The van der Waals surface area contributed by atoms with E-state index in [1.54, 1.807) is 9.80 Å². The van der Waals surface area contributed by atoms with Gasteiger partial charge in [-0.05, 0) is 19.3 Å². The van der Waals surface area contributed by atoms with Crippen molar-refractivity contribution in [2.45, 2.75) is 25.3 Å². The Morgan fingerprint density at radius 2 is 2.25 bits per heavy atom. The molecule has 106 valence electrons. The predicted octanol–water partition coefficient (Wildman–Crippen LogP) is 0.175. The minimum atomic E-state index is -0.261. The lowest BCUT2D eigenvalue weighted by molar-refractivity contribution is 0.0610. The number of nitrogens with zero attached hydrogens (tertiary/aromatic N) is 3. The van der Waals surface area contributed by atoms with Crippen LogP contribution < -0.4 is 0 Å². The summed E-state index contributed by atoms with van der Waals surface area (Å²) in [6.07, 6.45) is 2.73. The highest BCUT2D eigenvalue weighted by Gasteiger charge is 2.39. The molecule has 3 aliphatic rings. The summed E-state index contributed by atoms with van der Waals surface area (Å²) in [5.74, 6) is -0.0246. The number of aromatic amines is 1. The predicted molar refractivity (Wildman–Crippen MR) is 68.4 cm³/mol. The lowest BCUT2D eigenvalue weighted by atomic mass is 10.1. The van der Waals surface area contributed by atoms with Crippen molar-refractivity contribution in [2.24, 2.45) is 0 Å². The smallest absolute Gasteiger partial charge is 0.410 e. The number of aromatic nitrogens is 2. The molecule has 0 radical (unpaired) electrons. The Kier molecular flexibility index (Phi) is 2.48. The quantitative estimate of drug-likeness (QED) is 0.793. The molecule has 0 spiro atoms. The van der Waals surface area contributed by atoms with Crippen LogP contribution in [0.5, 0.6) is 0 Å². The first-order valence-corrected chi connectivity index (χ1v) is 7.03. The fourth-order valence-corrected chi connectivity index (χ4v) is 3.32. The van der Waals surface area contributed by atoms with Crippen molar-refractivity contribution in [3.05, 3.63) is 17.0 Å². The summed E-state index contributed by atoms with van der Waals surface area (Å²) in [7, 11) is 0. The SMILES string of the molecule is O=C(c1n[nH]c2c1CCC2)N1CCN2C(=O)OCC2C1. The van der Waals surface area contributed by atoms with Crippen LogP contribution >= 0.6 is 0 Å². The van der Waals surface area contributed by atoms with Crippen LogP contribution in [0.1, 0.15) is 28.2 Å². The average molecular weight is 276 g/mol. The van der Waals surface area contributed by atoms with E-state index in [1.807, 2.05) is 0 Å². The molecule has 7 nitrogen and oxygen atoms in total. The first-order valence-electron chi connectivity index (χ1n) is 7.03. The van der Waals surface area contributed by atoms with E-state index in [1.165, 1.54) is 0 Å². The maximum Gasteiger partial charge on any atom is 0.410 e. The highest BCUT2D eigenvalue weighted by atomic mass is 16.6. The number of fused-ring (bicyclic) bond motifs is 2. The van der Waals surface area contributed by atoms with Crippen LogP contribution in [-0.2, 0) is 17.6 Å². The van der Waals surface area contributed by atoms with Crippen molar-refractivity contribution in [3.63, 3.8) is 0 Å². The molecule has 0 saturated carbocycles. The molecule has 2 saturated heterocycles. The van der Waals surface area contributed by atoms with Crippen molar-refractivity contribution in [3.8, 4) is 0 Å². The number of aryl methyl sites for hydroxylation is 1. The zero-order valence-corrected chi connectivity index (χ0v) is 11.1. The summed E-state index contributed by atoms with van der Waals surface area (Å²) in [5, 5.41) is 7.16. The van der Waals surface area contributed by atoms with Gasteiger partial charge in [0.25, 0.3) is 5.91 Å². The van der Waals surface area contributed by atoms with Gasteiger partial charge in [-0.1, -0.05) is 0 Å². The Hall–Kier alpha value is -2.05. The van der Waals surface area contributed by atoms with E-state index in [0.29, 0.717) is 31.9 Å². The van der Waals surface area contributed by atoms with Crippen molar-refractivity contribution >= 4 is 12.0 Å². The van der Waals surface area contributed by atoms with Crippen LogP contribution in [0.3, 0.4) is 0 Å². The molecule has 1 aromatic heterocycles. The van der Waals surface area contributed by atoms with E-state index >= 15 is 0 Å². The second-order valence-electron chi connectivity index (χ2n) is 5.56. The maximum atomic E-state index is 12.6. The topological polar surface area (TPSA) is 78.5 Å². The standard InChI is InChI=1S/C13H16N4O3/c18-12(11-9-2-1-3-10(9)14-15-11)16-4-5-17-8(6-16)7-20-13(17)19/h8H,1-7H2,(H,14,15). The van der Waals surface area contributed by atoms with Crippen LogP contribution in [0, 0.1) is 0 Å². The molecule has 4 rings (SSSR count). The molecule has 20 heavy (non-hydrogen) atoms. The number of nitrogens with one attached hydrogen (secondary N) is 1. The summed E-state index contributed by atoms with van der Waals surface area (Å²) in [5.41, 5.74) is 2.75. The molecule has 3 heterocycles. The molecule has 2 aliphatic heterocycles. The largest absolute Gasteiger partial charge is 0.447 e. The number of hydrogen-bond donors (Lipinski definition) is 1. The number of hydrogen-bond acceptors (Lipinski definition) is 4. The van der Waals surface area contributed by atoms with Gasteiger partial charge in [0.2, 0.25) is 0 Å². The number of carbonyl (C=O) groups is 2. The van der Waals surface area contributed by atoms with Gasteiger partial charge in [-0.2, -0.15) is 5.10 Å². The van der Waals surface area contributed by atoms with Gasteiger partial charge in [-0.25, -0.2) is 4.79 Å². The lowest BCUT2D eigenvalue weighted by Gasteiger charge is -2.35. The third-order valence-corrected chi connectivity index (χ3v) is 4.41. The number of H-pyrrole nitrogens is 1. The zero-order chi connectivity index (χ0) is 13.7. The van der Waals surface area contributed by atoms with Gasteiger partial charge < -0.3 is 9.64 Å². The summed E-state index contributed by atoms with van der Waals surface area (Å²) in [6.45, 7) is 2.00. The van der Waals surface area contributed by atoms with E-state index in [9.17, 15) is 9.59 Å². The van der Waals surface area contributed by atoms with E-state index in [0.717, 1.165) is 30.5 Å². The molecule has 1 aliphatic carbocycles. The molecule has 7 heteroatoms. The normalized spacial score (nSPS) is 24.6. The third kappa shape index (κ3) is 1.62. The minimum Gasteiger partial charge on any atom is -0.447 e. The van der Waals surface area contributed by atoms with Gasteiger partial charge >= 0.3 is 6.09 Å². The Balaban J connectivity index is 1.53. The van der Waals surface area contributed by atoms with Gasteiger partial charge in [0.05, 0.1) is 6.04 Å². The Bertz CT molecular complexity index is 582. The number of carbonyl (C=O) groups excluding carboxylic acids is 2. The van der Waals surface area contributed by atoms with Gasteiger partial charge in [0.1, 0.15) is 6.61 Å². The molecule has 0 aromatic carbocycles. The number of rotatable bonds is 1. The number of amides is 2. The average Bonchev–Trinajstić information content (AvgIpc) is 3.13. The van der Waals surface area contributed by atoms with E-state index in [-0.39, 0.29) is 18.0 Å². The minimum absolute atomic E-state index is 0.00723. The summed E-state index contributed by atoms with van der Waals surface area (Å²) in [4.78, 5) is 27.5. The monoisotopic (exact) mass is 276 g/mol. The number of piperazine rings is 1. The molecule has 2 amide bonds. The van der Waals surface area contributed by atoms with Crippen molar-refractivity contribution in [1.29, 1.82) is 0 Å². The Morgan fingerprint density at radius 1 is 1.35 bits per heavy atom. The summed E-state index contributed by atoms with van der Waals surface area (Å²) in [6, 6.07) is -0.00723. The Morgan fingerprint density at radius 3 is 3.15 bits per heavy atom. The van der Waals surface area contributed by atoms with E-state index in [2.05, 4.69) is 10.2 Å². The fourth-order valence-electron chi connectivity index (χ4n) is 3.32. The molecule has 1 N–H and O–H groups in total.